The number of thiophene rings is 1. The van der Waals surface area contributed by atoms with Gasteiger partial charge in [0.25, 0.3) is 5.91 Å². The minimum Gasteiger partial charge on any atom is -0.335 e. The molecule has 0 bridgehead atoms. The Hall–Kier alpha value is -0.880. The molecule has 0 fully saturated rings. The lowest BCUT2D eigenvalue weighted by Gasteiger charge is -2.15. The van der Waals surface area contributed by atoms with Crippen LogP contribution in [0.5, 0.6) is 0 Å². The summed E-state index contributed by atoms with van der Waals surface area (Å²) < 4.78 is 1.28. The van der Waals surface area contributed by atoms with Crippen molar-refractivity contribution in [1.29, 1.82) is 0 Å². The average molecular weight is 369 g/mol. The molecule has 18 heavy (non-hydrogen) atoms. The SMILES string of the molecule is CC1c2cc(-c3ccc(I)s3)ccc2C(=O)N1C. The normalized spacial score (nSPS) is 18.3. The van der Waals surface area contributed by atoms with Crippen LogP contribution in [0.3, 0.4) is 0 Å². The predicted molar refractivity (Wildman–Crippen MR) is 83.0 cm³/mol. The molecule has 1 aliphatic heterocycles. The van der Waals surface area contributed by atoms with Gasteiger partial charge in [0.15, 0.2) is 0 Å². The highest BCUT2D eigenvalue weighted by molar-refractivity contribution is 14.1. The first-order valence-electron chi connectivity index (χ1n) is 5.75. The van der Waals surface area contributed by atoms with E-state index in [1.54, 1.807) is 16.2 Å². The van der Waals surface area contributed by atoms with Gasteiger partial charge in [0.2, 0.25) is 0 Å². The van der Waals surface area contributed by atoms with Crippen molar-refractivity contribution in [3.05, 3.63) is 44.3 Å². The molecule has 1 aromatic heterocycles. The zero-order valence-electron chi connectivity index (χ0n) is 10.1. The van der Waals surface area contributed by atoms with E-state index < -0.39 is 0 Å². The van der Waals surface area contributed by atoms with E-state index in [1.807, 2.05) is 19.2 Å². The number of carbonyl (C=O) groups is 1. The maximum absolute atomic E-state index is 12.0. The highest BCUT2D eigenvalue weighted by Crippen LogP contribution is 2.36. The monoisotopic (exact) mass is 369 g/mol. The summed E-state index contributed by atoms with van der Waals surface area (Å²) in [5.74, 6) is 0.129. The fourth-order valence-corrected chi connectivity index (χ4v) is 3.92. The standard InChI is InChI=1S/C14H12INOS/c1-8-11-7-9(12-5-6-13(15)18-12)3-4-10(11)14(17)16(8)2/h3-8H,1-2H3. The first-order chi connectivity index (χ1) is 8.58. The second kappa shape index (κ2) is 4.35. The molecule has 1 amide bonds. The van der Waals surface area contributed by atoms with Gasteiger partial charge in [0, 0.05) is 17.5 Å². The van der Waals surface area contributed by atoms with Crippen molar-refractivity contribution in [3.63, 3.8) is 0 Å². The van der Waals surface area contributed by atoms with E-state index in [1.165, 1.54) is 13.3 Å². The number of hydrogen-bond donors (Lipinski definition) is 0. The van der Waals surface area contributed by atoms with Crippen LogP contribution >= 0.6 is 33.9 Å². The van der Waals surface area contributed by atoms with Gasteiger partial charge in [-0.3, -0.25) is 4.79 Å². The lowest BCUT2D eigenvalue weighted by atomic mass is 10.0. The van der Waals surface area contributed by atoms with E-state index in [-0.39, 0.29) is 11.9 Å². The van der Waals surface area contributed by atoms with Crippen molar-refractivity contribution >= 4 is 39.8 Å². The smallest absolute Gasteiger partial charge is 0.254 e. The summed E-state index contributed by atoms with van der Waals surface area (Å²) in [4.78, 5) is 15.0. The van der Waals surface area contributed by atoms with Crippen LogP contribution in [0.2, 0.25) is 0 Å². The molecule has 0 radical (unpaired) electrons. The van der Waals surface area contributed by atoms with E-state index >= 15 is 0 Å². The Morgan fingerprint density at radius 1 is 1.28 bits per heavy atom. The molecule has 2 aromatic rings. The number of rotatable bonds is 1. The molecule has 1 unspecified atom stereocenters. The Labute approximate surface area is 124 Å². The molecule has 0 saturated heterocycles. The van der Waals surface area contributed by atoms with Gasteiger partial charge in [0.05, 0.1) is 8.93 Å². The third-order valence-electron chi connectivity index (χ3n) is 3.49. The van der Waals surface area contributed by atoms with Gasteiger partial charge in [0.1, 0.15) is 0 Å². The van der Waals surface area contributed by atoms with Crippen molar-refractivity contribution in [3.8, 4) is 10.4 Å². The third kappa shape index (κ3) is 1.78. The Morgan fingerprint density at radius 2 is 2.06 bits per heavy atom. The number of benzene rings is 1. The maximum Gasteiger partial charge on any atom is 0.254 e. The van der Waals surface area contributed by atoms with Gasteiger partial charge < -0.3 is 4.90 Å². The second-order valence-electron chi connectivity index (χ2n) is 4.50. The van der Waals surface area contributed by atoms with Gasteiger partial charge in [-0.15, -0.1) is 11.3 Å². The van der Waals surface area contributed by atoms with Crippen molar-refractivity contribution in [2.24, 2.45) is 0 Å². The Bertz CT molecular complexity index is 634. The van der Waals surface area contributed by atoms with Crippen LogP contribution in [0.1, 0.15) is 28.9 Å². The van der Waals surface area contributed by atoms with Crippen LogP contribution in [-0.2, 0) is 0 Å². The lowest BCUT2D eigenvalue weighted by Crippen LogP contribution is -2.20. The molecule has 2 nitrogen and oxygen atoms in total. The average Bonchev–Trinajstić information content (AvgIpc) is 2.89. The van der Waals surface area contributed by atoms with Crippen LogP contribution in [0.4, 0.5) is 0 Å². The molecular formula is C14H12INOS. The summed E-state index contributed by atoms with van der Waals surface area (Å²) in [5.41, 5.74) is 3.19. The minimum absolute atomic E-state index is 0.129. The summed E-state index contributed by atoms with van der Waals surface area (Å²) >= 11 is 4.11. The maximum atomic E-state index is 12.0. The first kappa shape index (κ1) is 12.2. The lowest BCUT2D eigenvalue weighted by molar-refractivity contribution is 0.0784. The molecule has 0 aliphatic carbocycles. The van der Waals surface area contributed by atoms with E-state index in [2.05, 4.69) is 47.7 Å². The van der Waals surface area contributed by atoms with Crippen LogP contribution in [0, 0.1) is 2.88 Å². The van der Waals surface area contributed by atoms with Gasteiger partial charge in [-0.1, -0.05) is 6.07 Å². The van der Waals surface area contributed by atoms with Crippen molar-refractivity contribution < 1.29 is 4.79 Å². The Kier molecular flexibility index (Phi) is 2.94. The number of carbonyl (C=O) groups excluding carboxylic acids is 1. The van der Waals surface area contributed by atoms with Gasteiger partial charge in [-0.25, -0.2) is 0 Å². The zero-order chi connectivity index (χ0) is 12.9. The van der Waals surface area contributed by atoms with Crippen LogP contribution in [0.25, 0.3) is 10.4 Å². The zero-order valence-corrected chi connectivity index (χ0v) is 13.1. The highest BCUT2D eigenvalue weighted by Gasteiger charge is 2.31. The van der Waals surface area contributed by atoms with E-state index in [9.17, 15) is 4.79 Å². The molecular weight excluding hydrogens is 357 g/mol. The topological polar surface area (TPSA) is 20.3 Å². The number of fused-ring (bicyclic) bond motifs is 1. The summed E-state index contributed by atoms with van der Waals surface area (Å²) in [6.45, 7) is 2.08. The number of nitrogens with zero attached hydrogens (tertiary/aromatic N) is 1. The van der Waals surface area contributed by atoms with Crippen LogP contribution < -0.4 is 0 Å². The summed E-state index contributed by atoms with van der Waals surface area (Å²) in [5, 5.41) is 0. The van der Waals surface area contributed by atoms with Crippen LogP contribution in [0.15, 0.2) is 30.3 Å². The predicted octanol–water partition coefficient (Wildman–Crippen LogP) is 4.17. The first-order valence-corrected chi connectivity index (χ1v) is 7.64. The molecule has 1 aromatic carbocycles. The third-order valence-corrected chi connectivity index (χ3v) is 5.43. The molecule has 4 heteroatoms. The molecule has 2 heterocycles. The number of halogens is 1. The summed E-state index contributed by atoms with van der Waals surface area (Å²) in [6.07, 6.45) is 0. The Morgan fingerprint density at radius 3 is 2.72 bits per heavy atom. The molecule has 3 rings (SSSR count). The summed E-state index contributed by atoms with van der Waals surface area (Å²) in [6, 6.07) is 10.6. The van der Waals surface area contributed by atoms with Gasteiger partial charge >= 0.3 is 0 Å². The Balaban J connectivity index is 2.10. The fraction of sp³-hybridized carbons (Fsp3) is 0.214. The van der Waals surface area contributed by atoms with E-state index in [4.69, 9.17) is 0 Å². The largest absolute Gasteiger partial charge is 0.335 e. The van der Waals surface area contributed by atoms with Crippen molar-refractivity contribution in [2.45, 2.75) is 13.0 Å². The van der Waals surface area contributed by atoms with Crippen molar-refractivity contribution in [2.75, 3.05) is 7.05 Å². The molecule has 92 valence electrons. The molecule has 0 saturated carbocycles. The molecule has 0 N–H and O–H groups in total. The number of hydrogen-bond acceptors (Lipinski definition) is 2. The quantitative estimate of drug-likeness (QED) is 0.691. The second-order valence-corrected chi connectivity index (χ2v) is 7.48. The molecule has 1 aliphatic rings. The van der Waals surface area contributed by atoms with E-state index in [0.717, 1.165) is 11.1 Å². The van der Waals surface area contributed by atoms with Crippen LogP contribution in [-0.4, -0.2) is 17.9 Å². The summed E-state index contributed by atoms with van der Waals surface area (Å²) in [7, 11) is 1.86. The highest BCUT2D eigenvalue weighted by atomic mass is 127. The minimum atomic E-state index is 0.129. The van der Waals surface area contributed by atoms with Crippen molar-refractivity contribution in [1.82, 2.24) is 4.90 Å². The molecule has 0 spiro atoms. The number of amides is 1. The van der Waals surface area contributed by atoms with Gasteiger partial charge in [-0.2, -0.15) is 0 Å². The van der Waals surface area contributed by atoms with E-state index in [0.29, 0.717) is 0 Å². The fourth-order valence-electron chi connectivity index (χ4n) is 2.30. The van der Waals surface area contributed by atoms with Gasteiger partial charge in [-0.05, 0) is 64.9 Å². The molecule has 1 atom stereocenters.